The van der Waals surface area contributed by atoms with Gasteiger partial charge in [-0.3, -0.25) is 14.5 Å². The molecule has 0 radical (unpaired) electrons. The van der Waals surface area contributed by atoms with Gasteiger partial charge in [-0.1, -0.05) is 0 Å². The van der Waals surface area contributed by atoms with Crippen LogP contribution in [0.1, 0.15) is 23.0 Å². The molecular formula is C10H10N4O2. The van der Waals surface area contributed by atoms with E-state index in [-0.39, 0.29) is 12.6 Å². The van der Waals surface area contributed by atoms with E-state index in [1.807, 2.05) is 0 Å². The van der Waals surface area contributed by atoms with Crippen LogP contribution >= 0.6 is 0 Å². The first-order valence-corrected chi connectivity index (χ1v) is 5.34. The monoisotopic (exact) mass is 218 g/mol. The van der Waals surface area contributed by atoms with E-state index in [1.165, 1.54) is 5.56 Å². The van der Waals surface area contributed by atoms with Crippen LogP contribution in [0.15, 0.2) is 4.99 Å². The van der Waals surface area contributed by atoms with Gasteiger partial charge >= 0.3 is 5.97 Å². The van der Waals surface area contributed by atoms with Crippen LogP contribution in [0, 0.1) is 0 Å². The van der Waals surface area contributed by atoms with Gasteiger partial charge in [0, 0.05) is 18.5 Å². The Hall–Kier alpha value is -1.85. The van der Waals surface area contributed by atoms with Crippen molar-refractivity contribution < 1.29 is 9.90 Å². The number of hydrogen-bond donors (Lipinski definition) is 1. The lowest BCUT2D eigenvalue weighted by atomic mass is 10.0. The van der Waals surface area contributed by atoms with Crippen molar-refractivity contribution in [2.24, 2.45) is 4.99 Å². The van der Waals surface area contributed by atoms with Crippen molar-refractivity contribution in [3.63, 3.8) is 0 Å². The van der Waals surface area contributed by atoms with Gasteiger partial charge in [-0.2, -0.15) is 5.10 Å². The molecule has 0 aromatic carbocycles. The maximum absolute atomic E-state index is 10.8. The van der Waals surface area contributed by atoms with Crippen molar-refractivity contribution in [3.05, 3.63) is 17.0 Å². The topological polar surface area (TPSA) is 70.7 Å². The molecule has 3 bridgehead atoms. The zero-order valence-electron chi connectivity index (χ0n) is 8.55. The predicted molar refractivity (Wildman–Crippen MR) is 54.2 cm³/mol. The quantitative estimate of drug-likeness (QED) is 0.745. The smallest absolute Gasteiger partial charge is 0.325 e. The van der Waals surface area contributed by atoms with Gasteiger partial charge in [0.25, 0.3) is 0 Å². The summed E-state index contributed by atoms with van der Waals surface area (Å²) in [6, 6.07) is 0.213. The first kappa shape index (κ1) is 8.32. The van der Waals surface area contributed by atoms with E-state index in [0.29, 0.717) is 0 Å². The third kappa shape index (κ3) is 0.850. The molecule has 1 unspecified atom stereocenters. The largest absolute Gasteiger partial charge is 0.480 e. The maximum Gasteiger partial charge on any atom is 0.325 e. The Bertz CT molecular complexity index is 545. The van der Waals surface area contributed by atoms with E-state index >= 15 is 0 Å². The second kappa shape index (κ2) is 2.45. The number of carbonyl (C=O) groups is 1. The molecule has 4 heterocycles. The van der Waals surface area contributed by atoms with Crippen molar-refractivity contribution in [1.82, 2.24) is 14.7 Å². The molecule has 0 saturated heterocycles. The lowest BCUT2D eigenvalue weighted by Crippen LogP contribution is -2.30. The van der Waals surface area contributed by atoms with E-state index in [0.717, 1.165) is 36.7 Å². The Labute approximate surface area is 91.2 Å². The number of carboxylic acid groups (broad SMARTS) is 1. The molecule has 6 heteroatoms. The van der Waals surface area contributed by atoms with Crippen LogP contribution in [0.25, 0.3) is 0 Å². The lowest BCUT2D eigenvalue weighted by Gasteiger charge is -2.21. The van der Waals surface area contributed by atoms with E-state index in [2.05, 4.69) is 15.0 Å². The minimum atomic E-state index is -0.839. The van der Waals surface area contributed by atoms with Crippen molar-refractivity contribution in [2.75, 3.05) is 6.54 Å². The van der Waals surface area contributed by atoms with E-state index in [4.69, 9.17) is 5.11 Å². The van der Waals surface area contributed by atoms with Gasteiger partial charge in [0.2, 0.25) is 0 Å². The number of carboxylic acids is 1. The molecule has 4 rings (SSSR count). The van der Waals surface area contributed by atoms with Crippen LogP contribution in [-0.2, 0) is 24.3 Å². The van der Waals surface area contributed by atoms with Gasteiger partial charge in [-0.15, -0.1) is 0 Å². The van der Waals surface area contributed by atoms with Crippen molar-refractivity contribution in [1.29, 1.82) is 0 Å². The molecule has 0 spiro atoms. The highest BCUT2D eigenvalue weighted by Gasteiger charge is 2.42. The highest BCUT2D eigenvalue weighted by atomic mass is 16.4. The molecule has 0 aliphatic carbocycles. The Morgan fingerprint density at radius 3 is 3.25 bits per heavy atom. The molecule has 1 N–H and O–H groups in total. The van der Waals surface area contributed by atoms with Gasteiger partial charge in [0.05, 0.1) is 24.0 Å². The zero-order valence-corrected chi connectivity index (χ0v) is 8.55. The second-order valence-electron chi connectivity index (χ2n) is 4.48. The molecule has 1 aromatic rings. The van der Waals surface area contributed by atoms with Crippen LogP contribution in [-0.4, -0.2) is 38.1 Å². The second-order valence-corrected chi connectivity index (χ2v) is 4.48. The molecule has 82 valence electrons. The Morgan fingerprint density at radius 1 is 1.56 bits per heavy atom. The molecule has 6 nitrogen and oxygen atoms in total. The molecule has 0 fully saturated rings. The number of amidine groups is 1. The van der Waals surface area contributed by atoms with Crippen LogP contribution < -0.4 is 0 Å². The van der Waals surface area contributed by atoms with Gasteiger partial charge < -0.3 is 10.0 Å². The van der Waals surface area contributed by atoms with Gasteiger partial charge in [0.15, 0.2) is 0 Å². The van der Waals surface area contributed by atoms with Gasteiger partial charge in [-0.25, -0.2) is 0 Å². The molecule has 0 amide bonds. The summed E-state index contributed by atoms with van der Waals surface area (Å²) in [6.45, 7) is 1.71. The third-order valence-electron chi connectivity index (χ3n) is 3.52. The summed E-state index contributed by atoms with van der Waals surface area (Å²) < 4.78 is 1.64. The Morgan fingerprint density at radius 2 is 2.44 bits per heavy atom. The average Bonchev–Trinajstić information content (AvgIpc) is 2.62. The fourth-order valence-corrected chi connectivity index (χ4v) is 2.93. The zero-order chi connectivity index (χ0) is 10.9. The van der Waals surface area contributed by atoms with Crippen LogP contribution in [0.4, 0.5) is 0 Å². The van der Waals surface area contributed by atoms with Gasteiger partial charge in [0.1, 0.15) is 12.4 Å². The highest BCUT2D eigenvalue weighted by molar-refractivity contribution is 5.89. The molecule has 3 aliphatic heterocycles. The van der Waals surface area contributed by atoms with Crippen molar-refractivity contribution in [3.8, 4) is 0 Å². The molecule has 0 saturated carbocycles. The maximum atomic E-state index is 10.8. The Kier molecular flexibility index (Phi) is 1.27. The number of aromatic nitrogens is 2. The fraction of sp³-hybridized carbons (Fsp3) is 0.500. The summed E-state index contributed by atoms with van der Waals surface area (Å²) >= 11 is 0. The molecular weight excluding hydrogens is 208 g/mol. The van der Waals surface area contributed by atoms with E-state index < -0.39 is 5.97 Å². The minimum absolute atomic E-state index is 0.0394. The number of nitrogens with zero attached hydrogens (tertiary/aromatic N) is 4. The summed E-state index contributed by atoms with van der Waals surface area (Å²) in [5, 5.41) is 13.2. The number of rotatable bonds is 2. The summed E-state index contributed by atoms with van der Waals surface area (Å²) in [5.74, 6) is 0.262. The van der Waals surface area contributed by atoms with Crippen molar-refractivity contribution >= 4 is 11.8 Å². The SMILES string of the molecule is O=C(O)Cn1nc2c3c1CC1=NC3CN1C2. The summed E-state index contributed by atoms with van der Waals surface area (Å²) in [7, 11) is 0. The third-order valence-corrected chi connectivity index (χ3v) is 3.52. The number of hydrogen-bond acceptors (Lipinski definition) is 4. The molecule has 1 atom stereocenters. The summed E-state index contributed by atoms with van der Waals surface area (Å²) in [4.78, 5) is 17.6. The first-order valence-electron chi connectivity index (χ1n) is 5.34. The summed E-state index contributed by atoms with van der Waals surface area (Å²) in [6.07, 6.45) is 0.742. The molecule has 16 heavy (non-hydrogen) atoms. The first-order chi connectivity index (χ1) is 7.72. The van der Waals surface area contributed by atoms with Crippen molar-refractivity contribution in [2.45, 2.75) is 25.6 Å². The number of fused-ring (bicyclic) bond motifs is 2. The summed E-state index contributed by atoms with van der Waals surface area (Å²) in [5.41, 5.74) is 3.27. The van der Waals surface area contributed by atoms with Crippen LogP contribution in [0.3, 0.4) is 0 Å². The van der Waals surface area contributed by atoms with Crippen LogP contribution in [0.5, 0.6) is 0 Å². The van der Waals surface area contributed by atoms with E-state index in [9.17, 15) is 4.79 Å². The number of aliphatic imine (C=N–C) groups is 1. The predicted octanol–water partition coefficient (Wildman–Crippen LogP) is -0.207. The standard InChI is InChI=1S/C10H10N4O2/c15-9(16)4-14-7-1-8-11-5-2-13(8)3-6(12-14)10(5)7/h5H,1-4H2,(H,15,16). The lowest BCUT2D eigenvalue weighted by molar-refractivity contribution is -0.137. The highest BCUT2D eigenvalue weighted by Crippen LogP contribution is 2.41. The Balaban J connectivity index is 1.89. The minimum Gasteiger partial charge on any atom is -0.480 e. The average molecular weight is 218 g/mol. The fourth-order valence-electron chi connectivity index (χ4n) is 2.93. The van der Waals surface area contributed by atoms with Gasteiger partial charge in [-0.05, 0) is 0 Å². The number of aliphatic carboxylic acids is 1. The van der Waals surface area contributed by atoms with Crippen LogP contribution in [0.2, 0.25) is 0 Å². The molecule has 3 aliphatic rings. The molecule has 1 aromatic heterocycles. The normalized spacial score (nSPS) is 23.9. The van der Waals surface area contributed by atoms with E-state index in [1.54, 1.807) is 4.68 Å².